The summed E-state index contributed by atoms with van der Waals surface area (Å²) in [5.41, 5.74) is 0. The molecule has 0 aromatic rings. The summed E-state index contributed by atoms with van der Waals surface area (Å²) in [5, 5.41) is 0. The Bertz CT molecular complexity index is 441. The number of hydrogen-bond acceptors (Lipinski definition) is 4. The number of carbonyl (C=O) groups is 2. The van der Waals surface area contributed by atoms with Gasteiger partial charge in [-0.15, -0.1) is 0 Å². The maximum atomic E-state index is 12.5. The Balaban J connectivity index is 2.06. The number of likely N-dealkylation sites (tertiary alicyclic amines) is 1. The molecular weight excluding hydrogens is 378 g/mol. The Morgan fingerprint density at radius 3 is 1.83 bits per heavy atom. The van der Waals surface area contributed by atoms with Gasteiger partial charge in [0.05, 0.1) is 13.2 Å². The number of amides is 1. The maximum absolute atomic E-state index is 12.5. The highest BCUT2D eigenvalue weighted by atomic mass is 16.6. The molecule has 5 nitrogen and oxygen atoms in total. The summed E-state index contributed by atoms with van der Waals surface area (Å²) in [5.74, 6) is -0.259. The molecule has 0 N–H and O–H groups in total. The number of unbranched alkanes of at least 4 members (excludes halogenated alkanes) is 12. The Hall–Kier alpha value is -1.26. The molecule has 1 rings (SSSR count). The number of rotatable bonds is 17. The molecule has 1 amide bonds. The van der Waals surface area contributed by atoms with Crippen molar-refractivity contribution in [3.8, 4) is 0 Å². The van der Waals surface area contributed by atoms with Crippen LogP contribution in [0.2, 0.25) is 0 Å². The minimum absolute atomic E-state index is 0.259. The molecule has 0 aromatic carbocycles. The average Bonchev–Trinajstić information content (AvgIpc) is 2.77. The van der Waals surface area contributed by atoms with Crippen LogP contribution in [0.5, 0.6) is 0 Å². The lowest BCUT2D eigenvalue weighted by Gasteiger charge is -2.33. The zero-order valence-corrected chi connectivity index (χ0v) is 19.8. The lowest BCUT2D eigenvalue weighted by Crippen LogP contribution is -2.49. The molecule has 0 aromatic heterocycles. The van der Waals surface area contributed by atoms with Gasteiger partial charge in [-0.3, -0.25) is 4.90 Å². The normalized spacial score (nSPS) is 16.5. The first-order valence-electron chi connectivity index (χ1n) is 12.8. The highest BCUT2D eigenvalue weighted by molar-refractivity contribution is 5.81. The van der Waals surface area contributed by atoms with Crippen LogP contribution in [0.1, 0.15) is 123 Å². The van der Waals surface area contributed by atoms with Crippen LogP contribution in [0.15, 0.2) is 0 Å². The van der Waals surface area contributed by atoms with Gasteiger partial charge < -0.3 is 9.47 Å². The molecule has 30 heavy (non-hydrogen) atoms. The second kappa shape index (κ2) is 18.5. The quantitative estimate of drug-likeness (QED) is 0.185. The summed E-state index contributed by atoms with van der Waals surface area (Å²) in [4.78, 5) is 26.3. The predicted molar refractivity (Wildman–Crippen MR) is 123 cm³/mol. The highest BCUT2D eigenvalue weighted by Crippen LogP contribution is 2.20. The SMILES string of the molecule is CCCCCCCCCCCCCCOC(=O)C1CCCCN1C(=O)OCCCC. The third-order valence-corrected chi connectivity index (χ3v) is 5.98. The second-order valence-corrected chi connectivity index (χ2v) is 8.73. The number of carbonyl (C=O) groups excluding carboxylic acids is 2. The molecule has 1 saturated heterocycles. The third-order valence-electron chi connectivity index (χ3n) is 5.98. The van der Waals surface area contributed by atoms with E-state index in [0.29, 0.717) is 26.2 Å². The minimum Gasteiger partial charge on any atom is -0.464 e. The van der Waals surface area contributed by atoms with E-state index in [1.165, 1.54) is 64.2 Å². The summed E-state index contributed by atoms with van der Waals surface area (Å²) in [6.45, 7) is 5.79. The smallest absolute Gasteiger partial charge is 0.410 e. The van der Waals surface area contributed by atoms with Gasteiger partial charge in [-0.2, -0.15) is 0 Å². The van der Waals surface area contributed by atoms with E-state index in [2.05, 4.69) is 13.8 Å². The number of nitrogens with zero attached hydrogens (tertiary/aromatic N) is 1. The van der Waals surface area contributed by atoms with E-state index in [1.54, 1.807) is 4.90 Å². The summed E-state index contributed by atoms with van der Waals surface area (Å²) in [7, 11) is 0. The van der Waals surface area contributed by atoms with Crippen LogP contribution in [0.3, 0.4) is 0 Å². The van der Waals surface area contributed by atoms with Gasteiger partial charge in [-0.1, -0.05) is 90.9 Å². The molecule has 0 bridgehead atoms. The molecule has 1 aliphatic rings. The van der Waals surface area contributed by atoms with E-state index < -0.39 is 6.04 Å². The van der Waals surface area contributed by atoms with Crippen LogP contribution in [-0.4, -0.2) is 42.8 Å². The summed E-state index contributed by atoms with van der Waals surface area (Å²) >= 11 is 0. The molecule has 0 aliphatic carbocycles. The van der Waals surface area contributed by atoms with Crippen LogP contribution in [0.25, 0.3) is 0 Å². The Labute approximate surface area is 185 Å². The summed E-state index contributed by atoms with van der Waals surface area (Å²) in [6.07, 6.45) is 19.5. The first-order chi connectivity index (χ1) is 14.7. The van der Waals surface area contributed by atoms with E-state index >= 15 is 0 Å². The highest BCUT2D eigenvalue weighted by Gasteiger charge is 2.34. The molecule has 176 valence electrons. The zero-order chi connectivity index (χ0) is 21.9. The number of esters is 1. The fourth-order valence-electron chi connectivity index (χ4n) is 3.99. The molecule has 0 spiro atoms. The van der Waals surface area contributed by atoms with Gasteiger partial charge in [0.2, 0.25) is 0 Å². The van der Waals surface area contributed by atoms with Crippen molar-refractivity contribution in [2.45, 2.75) is 129 Å². The molecule has 0 radical (unpaired) electrons. The first-order valence-corrected chi connectivity index (χ1v) is 12.8. The lowest BCUT2D eigenvalue weighted by atomic mass is 10.0. The van der Waals surface area contributed by atoms with Crippen LogP contribution in [0, 0.1) is 0 Å². The summed E-state index contributed by atoms with van der Waals surface area (Å²) < 4.78 is 10.8. The van der Waals surface area contributed by atoms with Crippen molar-refractivity contribution in [1.82, 2.24) is 4.90 Å². The van der Waals surface area contributed by atoms with Gasteiger partial charge in [-0.25, -0.2) is 9.59 Å². The van der Waals surface area contributed by atoms with Crippen molar-refractivity contribution in [2.24, 2.45) is 0 Å². The van der Waals surface area contributed by atoms with Gasteiger partial charge in [0, 0.05) is 6.54 Å². The summed E-state index contributed by atoms with van der Waals surface area (Å²) in [6, 6.07) is -0.467. The van der Waals surface area contributed by atoms with Crippen molar-refractivity contribution in [2.75, 3.05) is 19.8 Å². The van der Waals surface area contributed by atoms with Gasteiger partial charge >= 0.3 is 12.1 Å². The molecule has 1 atom stereocenters. The van der Waals surface area contributed by atoms with E-state index in [0.717, 1.165) is 38.5 Å². The number of ether oxygens (including phenoxy) is 2. The number of hydrogen-bond donors (Lipinski definition) is 0. The van der Waals surface area contributed by atoms with Crippen molar-refractivity contribution in [1.29, 1.82) is 0 Å². The predicted octanol–water partition coefficient (Wildman–Crippen LogP) is 7.02. The standard InChI is InChI=1S/C25H47NO4/c1-3-5-7-8-9-10-11-12-13-14-15-18-22-29-24(27)23-19-16-17-20-26(23)25(28)30-21-6-4-2/h23H,3-22H2,1-2H3. The Morgan fingerprint density at radius 2 is 1.23 bits per heavy atom. The Morgan fingerprint density at radius 1 is 0.700 bits per heavy atom. The Kier molecular flexibility index (Phi) is 16.5. The number of piperidine rings is 1. The zero-order valence-electron chi connectivity index (χ0n) is 19.8. The molecule has 1 aliphatic heterocycles. The lowest BCUT2D eigenvalue weighted by molar-refractivity contribution is -0.150. The average molecular weight is 426 g/mol. The first kappa shape index (κ1) is 26.8. The fraction of sp³-hybridized carbons (Fsp3) is 0.920. The van der Waals surface area contributed by atoms with Crippen molar-refractivity contribution in [3.63, 3.8) is 0 Å². The van der Waals surface area contributed by atoms with Crippen LogP contribution in [0.4, 0.5) is 4.79 Å². The minimum atomic E-state index is -0.467. The van der Waals surface area contributed by atoms with Gasteiger partial charge in [0.25, 0.3) is 0 Å². The molecule has 5 heteroatoms. The van der Waals surface area contributed by atoms with Crippen molar-refractivity contribution >= 4 is 12.1 Å². The third kappa shape index (κ3) is 12.4. The van der Waals surface area contributed by atoms with E-state index in [-0.39, 0.29) is 12.1 Å². The van der Waals surface area contributed by atoms with E-state index in [4.69, 9.17) is 9.47 Å². The molecule has 1 fully saturated rings. The van der Waals surface area contributed by atoms with Crippen LogP contribution < -0.4 is 0 Å². The van der Waals surface area contributed by atoms with Crippen LogP contribution in [-0.2, 0) is 14.3 Å². The molecular formula is C25H47NO4. The molecule has 1 unspecified atom stereocenters. The van der Waals surface area contributed by atoms with Gasteiger partial charge in [0.1, 0.15) is 6.04 Å². The van der Waals surface area contributed by atoms with Gasteiger partial charge in [0.15, 0.2) is 0 Å². The second-order valence-electron chi connectivity index (χ2n) is 8.73. The molecule has 0 saturated carbocycles. The topological polar surface area (TPSA) is 55.8 Å². The van der Waals surface area contributed by atoms with Crippen LogP contribution >= 0.6 is 0 Å². The van der Waals surface area contributed by atoms with Gasteiger partial charge in [-0.05, 0) is 32.1 Å². The largest absolute Gasteiger partial charge is 0.464 e. The maximum Gasteiger partial charge on any atom is 0.410 e. The monoisotopic (exact) mass is 425 g/mol. The van der Waals surface area contributed by atoms with E-state index in [9.17, 15) is 9.59 Å². The fourth-order valence-corrected chi connectivity index (χ4v) is 3.99. The van der Waals surface area contributed by atoms with E-state index in [1.807, 2.05) is 0 Å². The molecule has 1 heterocycles. The van der Waals surface area contributed by atoms with Crippen molar-refractivity contribution in [3.05, 3.63) is 0 Å². The van der Waals surface area contributed by atoms with Crippen molar-refractivity contribution < 1.29 is 19.1 Å².